The van der Waals surface area contributed by atoms with Gasteiger partial charge in [-0.3, -0.25) is 4.79 Å². The Morgan fingerprint density at radius 1 is 1.36 bits per heavy atom. The summed E-state index contributed by atoms with van der Waals surface area (Å²) in [5, 5.41) is 0. The summed E-state index contributed by atoms with van der Waals surface area (Å²) in [7, 11) is 0. The third kappa shape index (κ3) is 1.02. The Hall–Kier alpha value is -0.630. The van der Waals surface area contributed by atoms with Crippen molar-refractivity contribution in [1.29, 1.82) is 0 Å². The van der Waals surface area contributed by atoms with Gasteiger partial charge in [-0.15, -0.1) is 0 Å². The third-order valence-electron chi connectivity index (χ3n) is 1.96. The summed E-state index contributed by atoms with van der Waals surface area (Å²) >= 11 is 3.46. The maximum atomic E-state index is 11.2. The van der Waals surface area contributed by atoms with Crippen molar-refractivity contribution in [2.75, 3.05) is 0 Å². The summed E-state index contributed by atoms with van der Waals surface area (Å²) < 4.78 is 0. The predicted molar refractivity (Wildman–Crippen MR) is 47.1 cm³/mol. The van der Waals surface area contributed by atoms with Crippen LogP contribution in [0.5, 0.6) is 0 Å². The minimum atomic E-state index is 0.242. The molecular formula is C9H7BrO. The lowest BCUT2D eigenvalue weighted by molar-refractivity contribution is 0.0994. The number of carbonyl (C=O) groups excluding carboxylic acids is 1. The Labute approximate surface area is 73.5 Å². The van der Waals surface area contributed by atoms with Gasteiger partial charge in [0.25, 0.3) is 0 Å². The first-order valence-corrected chi connectivity index (χ1v) is 4.47. The lowest BCUT2D eigenvalue weighted by Crippen LogP contribution is -1.88. The maximum Gasteiger partial charge on any atom is 0.164 e. The molecule has 0 saturated heterocycles. The molecule has 0 bridgehead atoms. The number of halogens is 1. The van der Waals surface area contributed by atoms with Crippen molar-refractivity contribution < 1.29 is 4.79 Å². The highest BCUT2D eigenvalue weighted by Gasteiger charge is 2.26. The van der Waals surface area contributed by atoms with E-state index in [2.05, 4.69) is 15.9 Å². The van der Waals surface area contributed by atoms with Gasteiger partial charge in [0.2, 0.25) is 0 Å². The Morgan fingerprint density at radius 2 is 2.09 bits per heavy atom. The monoisotopic (exact) mass is 210 g/mol. The normalized spacial score (nSPS) is 21.9. The molecule has 2 heteroatoms. The SMILES string of the molecule is O=C1C[C@H](Br)c2ccccc21. The molecule has 1 nitrogen and oxygen atoms in total. The summed E-state index contributed by atoms with van der Waals surface area (Å²) in [4.78, 5) is 11.5. The number of rotatable bonds is 0. The fourth-order valence-electron chi connectivity index (χ4n) is 1.41. The number of fused-ring (bicyclic) bond motifs is 1. The second kappa shape index (κ2) is 2.45. The van der Waals surface area contributed by atoms with Gasteiger partial charge < -0.3 is 0 Å². The molecule has 56 valence electrons. The van der Waals surface area contributed by atoms with Crippen LogP contribution in [0.15, 0.2) is 24.3 Å². The zero-order valence-electron chi connectivity index (χ0n) is 5.88. The molecule has 0 radical (unpaired) electrons. The Morgan fingerprint density at radius 3 is 2.82 bits per heavy atom. The number of alkyl halides is 1. The quantitative estimate of drug-likeness (QED) is 0.603. The highest BCUT2D eigenvalue weighted by Crippen LogP contribution is 2.36. The van der Waals surface area contributed by atoms with Crippen molar-refractivity contribution >= 4 is 21.7 Å². The van der Waals surface area contributed by atoms with Crippen LogP contribution in [0.3, 0.4) is 0 Å². The van der Waals surface area contributed by atoms with E-state index in [1.807, 2.05) is 24.3 Å². The lowest BCUT2D eigenvalue weighted by atomic mass is 10.1. The summed E-state index contributed by atoms with van der Waals surface area (Å²) in [6, 6.07) is 7.76. The molecule has 1 aliphatic carbocycles. The first kappa shape index (κ1) is 7.04. The van der Waals surface area contributed by atoms with E-state index in [4.69, 9.17) is 0 Å². The number of ketones is 1. The van der Waals surface area contributed by atoms with Gasteiger partial charge in [0.1, 0.15) is 0 Å². The van der Waals surface area contributed by atoms with E-state index >= 15 is 0 Å². The lowest BCUT2D eigenvalue weighted by Gasteiger charge is -1.98. The average Bonchev–Trinajstić information content (AvgIpc) is 2.30. The molecule has 1 aromatic carbocycles. The van der Waals surface area contributed by atoms with Crippen LogP contribution in [0.1, 0.15) is 27.2 Å². The molecule has 0 amide bonds. The molecule has 0 N–H and O–H groups in total. The van der Waals surface area contributed by atoms with Crippen LogP contribution in [0.4, 0.5) is 0 Å². The van der Waals surface area contributed by atoms with Gasteiger partial charge in [0.15, 0.2) is 5.78 Å². The molecule has 11 heavy (non-hydrogen) atoms. The van der Waals surface area contributed by atoms with E-state index in [-0.39, 0.29) is 10.6 Å². The van der Waals surface area contributed by atoms with Gasteiger partial charge in [-0.1, -0.05) is 40.2 Å². The van der Waals surface area contributed by atoms with E-state index in [1.54, 1.807) is 0 Å². The summed E-state index contributed by atoms with van der Waals surface area (Å²) in [6.45, 7) is 0. The number of benzene rings is 1. The van der Waals surface area contributed by atoms with Gasteiger partial charge >= 0.3 is 0 Å². The minimum absolute atomic E-state index is 0.242. The number of hydrogen-bond donors (Lipinski definition) is 0. The molecule has 1 aliphatic rings. The zero-order chi connectivity index (χ0) is 7.84. The maximum absolute atomic E-state index is 11.2. The number of carbonyl (C=O) groups is 1. The van der Waals surface area contributed by atoms with Crippen molar-refractivity contribution in [1.82, 2.24) is 0 Å². The van der Waals surface area contributed by atoms with E-state index in [9.17, 15) is 4.79 Å². The molecule has 1 aromatic rings. The molecule has 0 heterocycles. The van der Waals surface area contributed by atoms with Crippen LogP contribution in [-0.4, -0.2) is 5.78 Å². The van der Waals surface area contributed by atoms with Crippen molar-refractivity contribution in [3.63, 3.8) is 0 Å². The van der Waals surface area contributed by atoms with E-state index < -0.39 is 0 Å². The minimum Gasteiger partial charge on any atom is -0.294 e. The highest BCUT2D eigenvalue weighted by molar-refractivity contribution is 9.09. The topological polar surface area (TPSA) is 17.1 Å². The second-order valence-electron chi connectivity index (χ2n) is 2.68. The summed E-state index contributed by atoms with van der Waals surface area (Å²) in [6.07, 6.45) is 0.610. The van der Waals surface area contributed by atoms with Crippen LogP contribution in [0.25, 0.3) is 0 Å². The average molecular weight is 211 g/mol. The molecule has 0 aromatic heterocycles. The fourth-order valence-corrected chi connectivity index (χ4v) is 2.10. The van der Waals surface area contributed by atoms with E-state index in [0.29, 0.717) is 6.42 Å². The van der Waals surface area contributed by atoms with Gasteiger partial charge in [0, 0.05) is 16.8 Å². The second-order valence-corrected chi connectivity index (χ2v) is 3.79. The fraction of sp³-hybridized carbons (Fsp3) is 0.222. The van der Waals surface area contributed by atoms with Crippen LogP contribution in [-0.2, 0) is 0 Å². The van der Waals surface area contributed by atoms with Crippen LogP contribution in [0.2, 0.25) is 0 Å². The van der Waals surface area contributed by atoms with Crippen molar-refractivity contribution in [3.05, 3.63) is 35.4 Å². The molecule has 0 spiro atoms. The highest BCUT2D eigenvalue weighted by atomic mass is 79.9. The van der Waals surface area contributed by atoms with Crippen molar-refractivity contribution in [2.24, 2.45) is 0 Å². The van der Waals surface area contributed by atoms with Gasteiger partial charge in [0.05, 0.1) is 0 Å². The van der Waals surface area contributed by atoms with Crippen LogP contribution >= 0.6 is 15.9 Å². The Bertz CT molecular complexity index is 306. The largest absolute Gasteiger partial charge is 0.294 e. The third-order valence-corrected chi connectivity index (χ3v) is 2.78. The van der Waals surface area contributed by atoms with Crippen molar-refractivity contribution in [3.8, 4) is 0 Å². The summed E-state index contributed by atoms with van der Waals surface area (Å²) in [5.74, 6) is 0.252. The number of Topliss-reactive ketones (excluding diaryl/α,β-unsaturated/α-hetero) is 1. The molecule has 1 atom stereocenters. The molecule has 0 fully saturated rings. The Kier molecular flexibility index (Phi) is 1.57. The first-order valence-electron chi connectivity index (χ1n) is 3.55. The predicted octanol–water partition coefficient (Wildman–Crippen LogP) is 2.71. The Balaban J connectivity index is 2.60. The van der Waals surface area contributed by atoms with E-state index in [1.165, 1.54) is 0 Å². The molecule has 0 saturated carbocycles. The molecule has 0 unspecified atom stereocenters. The zero-order valence-corrected chi connectivity index (χ0v) is 7.47. The molecule has 2 rings (SSSR count). The van der Waals surface area contributed by atoms with Crippen LogP contribution < -0.4 is 0 Å². The summed E-state index contributed by atoms with van der Waals surface area (Å²) in [5.41, 5.74) is 2.02. The molecule has 0 aliphatic heterocycles. The number of hydrogen-bond acceptors (Lipinski definition) is 1. The standard InChI is InChI=1S/C9H7BrO/c10-8-5-9(11)7-4-2-1-3-6(7)8/h1-4,8H,5H2/t8-/m0/s1. The van der Waals surface area contributed by atoms with Crippen molar-refractivity contribution in [2.45, 2.75) is 11.2 Å². The van der Waals surface area contributed by atoms with Gasteiger partial charge in [-0.05, 0) is 5.56 Å². The van der Waals surface area contributed by atoms with Gasteiger partial charge in [-0.2, -0.15) is 0 Å². The smallest absolute Gasteiger partial charge is 0.164 e. The van der Waals surface area contributed by atoms with Gasteiger partial charge in [-0.25, -0.2) is 0 Å². The van der Waals surface area contributed by atoms with Crippen LogP contribution in [0, 0.1) is 0 Å². The van der Waals surface area contributed by atoms with E-state index in [0.717, 1.165) is 11.1 Å². The first-order chi connectivity index (χ1) is 5.29. The molecular weight excluding hydrogens is 204 g/mol.